The van der Waals surface area contributed by atoms with Crippen LogP contribution in [0.2, 0.25) is 0 Å². The van der Waals surface area contributed by atoms with Crippen LogP contribution in [0, 0.1) is 13.8 Å². The average Bonchev–Trinajstić information content (AvgIpc) is 2.93. The van der Waals surface area contributed by atoms with E-state index in [2.05, 4.69) is 9.82 Å². The molecule has 1 N–H and O–H groups in total. The van der Waals surface area contributed by atoms with E-state index in [9.17, 15) is 21.6 Å². The number of aryl methyl sites for hydroxylation is 1. The van der Waals surface area contributed by atoms with Gasteiger partial charge in [-0.25, -0.2) is 13.1 Å². The molecule has 1 heterocycles. The Balaban J connectivity index is 1.79. The van der Waals surface area contributed by atoms with Crippen molar-refractivity contribution in [1.29, 1.82) is 0 Å². The molecule has 0 aliphatic rings. The summed E-state index contributed by atoms with van der Waals surface area (Å²) in [6.07, 6.45) is -4.61. The second kappa shape index (κ2) is 8.00. The largest absolute Gasteiger partial charge is 0.416 e. The maximum atomic E-state index is 12.9. The second-order valence-electron chi connectivity index (χ2n) is 6.64. The molecule has 0 spiro atoms. The van der Waals surface area contributed by atoms with Gasteiger partial charge in [-0.3, -0.25) is 4.68 Å². The molecular formula is C20H20F3N3O2S. The maximum Gasteiger partial charge on any atom is 0.416 e. The van der Waals surface area contributed by atoms with Crippen LogP contribution in [0.1, 0.15) is 28.1 Å². The Morgan fingerprint density at radius 2 is 1.72 bits per heavy atom. The minimum Gasteiger partial charge on any atom is -0.265 e. The minimum absolute atomic E-state index is 0.0644. The molecule has 3 rings (SSSR count). The van der Waals surface area contributed by atoms with Gasteiger partial charge >= 0.3 is 6.18 Å². The fourth-order valence-electron chi connectivity index (χ4n) is 2.99. The number of halogens is 3. The molecule has 0 amide bonds. The first-order chi connectivity index (χ1) is 13.6. The van der Waals surface area contributed by atoms with E-state index in [4.69, 9.17) is 0 Å². The van der Waals surface area contributed by atoms with Crippen molar-refractivity contribution < 1.29 is 21.6 Å². The first kappa shape index (κ1) is 21.1. The number of sulfonamides is 1. The van der Waals surface area contributed by atoms with Crippen molar-refractivity contribution in [2.75, 3.05) is 0 Å². The third-order valence-corrected chi connectivity index (χ3v) is 6.02. The van der Waals surface area contributed by atoms with E-state index in [1.807, 2.05) is 37.3 Å². The van der Waals surface area contributed by atoms with Crippen molar-refractivity contribution in [3.63, 3.8) is 0 Å². The van der Waals surface area contributed by atoms with E-state index in [0.717, 1.165) is 29.5 Å². The summed E-state index contributed by atoms with van der Waals surface area (Å²) in [6.45, 7) is 4.07. The zero-order valence-electron chi connectivity index (χ0n) is 15.9. The predicted molar refractivity (Wildman–Crippen MR) is 103 cm³/mol. The van der Waals surface area contributed by atoms with Crippen LogP contribution < -0.4 is 4.72 Å². The molecule has 0 aliphatic heterocycles. The van der Waals surface area contributed by atoms with Crippen molar-refractivity contribution in [3.05, 3.63) is 82.7 Å². The third kappa shape index (κ3) is 4.86. The van der Waals surface area contributed by atoms with Gasteiger partial charge < -0.3 is 0 Å². The Morgan fingerprint density at radius 1 is 1.03 bits per heavy atom. The van der Waals surface area contributed by atoms with E-state index >= 15 is 0 Å². The van der Waals surface area contributed by atoms with Gasteiger partial charge in [0.25, 0.3) is 0 Å². The Morgan fingerprint density at radius 3 is 2.38 bits per heavy atom. The van der Waals surface area contributed by atoms with Gasteiger partial charge in [-0.05, 0) is 37.6 Å². The van der Waals surface area contributed by atoms with Gasteiger partial charge in [0.15, 0.2) is 0 Å². The molecular weight excluding hydrogens is 403 g/mol. The third-order valence-electron chi connectivity index (χ3n) is 4.62. The maximum absolute atomic E-state index is 12.9. The number of nitrogens with zero attached hydrogens (tertiary/aromatic N) is 2. The van der Waals surface area contributed by atoms with Gasteiger partial charge in [-0.2, -0.15) is 18.3 Å². The Labute approximate surface area is 167 Å². The summed E-state index contributed by atoms with van der Waals surface area (Å²) in [5, 5.41) is 4.46. The van der Waals surface area contributed by atoms with Gasteiger partial charge in [0, 0.05) is 17.8 Å². The number of benzene rings is 2. The molecule has 0 atom stereocenters. The lowest BCUT2D eigenvalue weighted by Crippen LogP contribution is -2.24. The molecule has 0 saturated heterocycles. The zero-order chi connectivity index (χ0) is 21.2. The van der Waals surface area contributed by atoms with Gasteiger partial charge in [0.2, 0.25) is 10.0 Å². The van der Waals surface area contributed by atoms with Crippen molar-refractivity contribution in [2.24, 2.45) is 0 Å². The Bertz CT molecular complexity index is 1110. The van der Waals surface area contributed by atoms with Gasteiger partial charge in [-0.1, -0.05) is 36.4 Å². The number of aromatic nitrogens is 2. The first-order valence-corrected chi connectivity index (χ1v) is 10.3. The lowest BCUT2D eigenvalue weighted by atomic mass is 10.2. The zero-order valence-corrected chi connectivity index (χ0v) is 16.7. The van der Waals surface area contributed by atoms with Gasteiger partial charge in [0.05, 0.1) is 22.7 Å². The molecule has 29 heavy (non-hydrogen) atoms. The molecule has 2 aromatic carbocycles. The van der Waals surface area contributed by atoms with Crippen LogP contribution in [0.25, 0.3) is 0 Å². The highest BCUT2D eigenvalue weighted by atomic mass is 32.2. The molecule has 0 aliphatic carbocycles. The van der Waals surface area contributed by atoms with Crippen LogP contribution in [-0.4, -0.2) is 18.2 Å². The standard InChI is InChI=1S/C20H20F3N3O2S/c1-14-19(15(2)26(25-14)13-16-7-4-3-5-8-16)12-24-29(27,28)18-10-6-9-17(11-18)20(21,22)23/h3-11,24H,12-13H2,1-2H3. The number of rotatable bonds is 6. The first-order valence-electron chi connectivity index (χ1n) is 8.81. The van der Waals surface area contributed by atoms with Crippen LogP contribution >= 0.6 is 0 Å². The molecule has 0 unspecified atom stereocenters. The smallest absolute Gasteiger partial charge is 0.265 e. The minimum atomic E-state index is -4.61. The van der Waals surface area contributed by atoms with Crippen molar-refractivity contribution in [1.82, 2.24) is 14.5 Å². The van der Waals surface area contributed by atoms with E-state index in [-0.39, 0.29) is 6.54 Å². The molecule has 5 nitrogen and oxygen atoms in total. The summed E-state index contributed by atoms with van der Waals surface area (Å²) in [5.74, 6) is 0. The summed E-state index contributed by atoms with van der Waals surface area (Å²) in [7, 11) is -4.11. The predicted octanol–water partition coefficient (Wildman–Crippen LogP) is 4.05. The molecule has 9 heteroatoms. The normalized spacial score (nSPS) is 12.3. The van der Waals surface area contributed by atoms with Crippen LogP contribution in [0.3, 0.4) is 0 Å². The summed E-state index contributed by atoms with van der Waals surface area (Å²) >= 11 is 0. The molecule has 0 bridgehead atoms. The molecule has 0 saturated carbocycles. The number of hydrogen-bond acceptors (Lipinski definition) is 3. The lowest BCUT2D eigenvalue weighted by Gasteiger charge is -2.11. The molecule has 1 aromatic heterocycles. The van der Waals surface area contributed by atoms with Gasteiger partial charge in [0.1, 0.15) is 0 Å². The SMILES string of the molecule is Cc1nn(Cc2ccccc2)c(C)c1CNS(=O)(=O)c1cccc(C(F)(F)F)c1. The van der Waals surface area contributed by atoms with E-state index < -0.39 is 26.7 Å². The lowest BCUT2D eigenvalue weighted by molar-refractivity contribution is -0.137. The molecule has 0 fully saturated rings. The van der Waals surface area contributed by atoms with E-state index in [1.165, 1.54) is 0 Å². The highest BCUT2D eigenvalue weighted by Crippen LogP contribution is 2.30. The Hall–Kier alpha value is -2.65. The van der Waals surface area contributed by atoms with Crippen molar-refractivity contribution in [3.8, 4) is 0 Å². The van der Waals surface area contributed by atoms with Crippen molar-refractivity contribution >= 4 is 10.0 Å². The quantitative estimate of drug-likeness (QED) is 0.651. The fraction of sp³-hybridized carbons (Fsp3) is 0.250. The highest BCUT2D eigenvalue weighted by molar-refractivity contribution is 7.89. The van der Waals surface area contributed by atoms with Crippen molar-refractivity contribution in [2.45, 2.75) is 38.0 Å². The van der Waals surface area contributed by atoms with Crippen LogP contribution in [0.5, 0.6) is 0 Å². The fourth-order valence-corrected chi connectivity index (χ4v) is 4.03. The Kier molecular flexibility index (Phi) is 5.81. The van der Waals surface area contributed by atoms with Crippen LogP contribution in [0.4, 0.5) is 13.2 Å². The summed E-state index contributed by atoms with van der Waals surface area (Å²) in [5.41, 5.74) is 2.18. The average molecular weight is 423 g/mol. The van der Waals surface area contributed by atoms with E-state index in [1.54, 1.807) is 11.6 Å². The highest BCUT2D eigenvalue weighted by Gasteiger charge is 2.31. The topological polar surface area (TPSA) is 64.0 Å². The van der Waals surface area contributed by atoms with E-state index in [0.29, 0.717) is 23.9 Å². The summed E-state index contributed by atoms with van der Waals surface area (Å²) < 4.78 is 67.8. The second-order valence-corrected chi connectivity index (χ2v) is 8.41. The number of hydrogen-bond donors (Lipinski definition) is 1. The number of alkyl halides is 3. The van der Waals surface area contributed by atoms with Gasteiger partial charge in [-0.15, -0.1) is 0 Å². The molecule has 3 aromatic rings. The molecule has 0 radical (unpaired) electrons. The monoisotopic (exact) mass is 423 g/mol. The number of nitrogens with one attached hydrogen (secondary N) is 1. The summed E-state index contributed by atoms with van der Waals surface area (Å²) in [4.78, 5) is -0.431. The molecule has 154 valence electrons. The summed E-state index contributed by atoms with van der Waals surface area (Å²) in [6, 6.07) is 13.4. The van der Waals surface area contributed by atoms with Crippen LogP contribution in [-0.2, 0) is 29.3 Å². The van der Waals surface area contributed by atoms with Crippen LogP contribution in [0.15, 0.2) is 59.5 Å².